The largest absolute Gasteiger partial charge is 0.508 e. The fraction of sp³-hybridized carbons (Fsp3) is 0.488. The Bertz CT molecular complexity index is 1680. The zero-order valence-corrected chi connectivity index (χ0v) is 33.1. The van der Waals surface area contributed by atoms with E-state index in [-0.39, 0.29) is 36.4 Å². The summed E-state index contributed by atoms with van der Waals surface area (Å²) in [7, 11) is 0. The lowest BCUT2D eigenvalue weighted by Crippen LogP contribution is -2.55. The van der Waals surface area contributed by atoms with E-state index in [1.54, 1.807) is 78.8 Å². The molecule has 0 heterocycles. The molecule has 0 fully saturated rings. The number of phenolic OH excluding ortho intramolecular Hbond substituents is 2. The number of ether oxygens (including phenoxy) is 2. The minimum Gasteiger partial charge on any atom is -0.508 e. The van der Waals surface area contributed by atoms with Crippen molar-refractivity contribution in [3.63, 3.8) is 0 Å². The van der Waals surface area contributed by atoms with E-state index in [0.717, 1.165) is 31.2 Å². The number of hydrogen-bond donors (Lipinski definition) is 4. The summed E-state index contributed by atoms with van der Waals surface area (Å²) in [6.45, 7) is 14.3. The molecule has 294 valence electrons. The highest BCUT2D eigenvalue weighted by Gasteiger charge is 2.39. The Balaban J connectivity index is 2.17. The van der Waals surface area contributed by atoms with Crippen molar-refractivity contribution in [1.82, 2.24) is 15.5 Å². The Morgan fingerprint density at radius 3 is 1.91 bits per heavy atom. The number of carbonyl (C=O) groups excluding carboxylic acids is 4. The minimum atomic E-state index is -1.41. The van der Waals surface area contributed by atoms with Crippen LogP contribution in [0.2, 0.25) is 0 Å². The molecule has 3 atom stereocenters. The Hall–Kier alpha value is -5.06. The molecule has 0 aromatic heterocycles. The van der Waals surface area contributed by atoms with Crippen LogP contribution in [0, 0.1) is 6.92 Å². The van der Waals surface area contributed by atoms with Gasteiger partial charge in [-0.15, -0.1) is 0 Å². The predicted molar refractivity (Wildman–Crippen MR) is 209 cm³/mol. The molecule has 11 heteroatoms. The number of phenols is 2. The number of esters is 1. The molecule has 0 aliphatic heterocycles. The van der Waals surface area contributed by atoms with Gasteiger partial charge in [0.1, 0.15) is 40.8 Å². The van der Waals surface area contributed by atoms with Crippen molar-refractivity contribution in [1.29, 1.82) is 0 Å². The molecule has 3 aromatic rings. The summed E-state index contributed by atoms with van der Waals surface area (Å²) >= 11 is 0. The van der Waals surface area contributed by atoms with Crippen LogP contribution in [0.3, 0.4) is 0 Å². The van der Waals surface area contributed by atoms with Crippen molar-refractivity contribution < 1.29 is 38.9 Å². The van der Waals surface area contributed by atoms with Crippen molar-refractivity contribution in [2.24, 2.45) is 0 Å². The van der Waals surface area contributed by atoms with Crippen LogP contribution in [0.25, 0.3) is 0 Å². The zero-order chi connectivity index (χ0) is 40.1. The Morgan fingerprint density at radius 2 is 1.30 bits per heavy atom. The maximum absolute atomic E-state index is 15.0. The van der Waals surface area contributed by atoms with Gasteiger partial charge in [-0.1, -0.05) is 93.3 Å². The first kappa shape index (κ1) is 43.3. The van der Waals surface area contributed by atoms with Gasteiger partial charge in [-0.25, -0.2) is 9.59 Å². The lowest BCUT2D eigenvalue weighted by atomic mass is 9.96. The van der Waals surface area contributed by atoms with Gasteiger partial charge in [0.25, 0.3) is 0 Å². The van der Waals surface area contributed by atoms with Gasteiger partial charge in [-0.3, -0.25) is 9.59 Å². The summed E-state index contributed by atoms with van der Waals surface area (Å²) in [6.07, 6.45) is 3.51. The number of rotatable bonds is 17. The zero-order valence-electron chi connectivity index (χ0n) is 33.1. The molecule has 3 rings (SSSR count). The second kappa shape index (κ2) is 19.9. The van der Waals surface area contributed by atoms with Crippen molar-refractivity contribution in [3.8, 4) is 11.5 Å². The summed E-state index contributed by atoms with van der Waals surface area (Å²) < 4.78 is 11.3. The first-order chi connectivity index (χ1) is 25.4. The van der Waals surface area contributed by atoms with Crippen LogP contribution in [0.15, 0.2) is 72.8 Å². The molecule has 3 aromatic carbocycles. The minimum absolute atomic E-state index is 0.00731. The standard InChI is InChI=1S/C43H59N3O8/c1-9-10-11-12-16-26-46(39(50)34(45-41(52)54-43(6,7)8)27-31-22-24-32(47)25-23-31)36(33-21-17-18-29(2)37(33)48)38(49)44-35(40(51)53-42(3,4)5)28-30-19-14-13-15-20-30/h13-15,17-25,34-36,47-48H,9-12,16,26-28H2,1-8H3,(H,44,49)(H,45,52). The van der Waals surface area contributed by atoms with Crippen LogP contribution < -0.4 is 10.6 Å². The number of hydrogen-bond acceptors (Lipinski definition) is 8. The van der Waals surface area contributed by atoms with Gasteiger partial charge in [0.2, 0.25) is 11.8 Å². The number of unbranched alkanes of at least 4 members (excludes halogenated alkanes) is 4. The fourth-order valence-corrected chi connectivity index (χ4v) is 5.99. The molecule has 0 saturated carbocycles. The van der Waals surface area contributed by atoms with E-state index in [1.807, 2.05) is 30.3 Å². The summed E-state index contributed by atoms with van der Waals surface area (Å²) in [5.74, 6) is -2.08. The van der Waals surface area contributed by atoms with Crippen LogP contribution in [0.1, 0.15) is 109 Å². The van der Waals surface area contributed by atoms with Gasteiger partial charge in [0.05, 0.1) is 0 Å². The van der Waals surface area contributed by atoms with Gasteiger partial charge in [0, 0.05) is 24.9 Å². The van der Waals surface area contributed by atoms with E-state index >= 15 is 4.79 Å². The average molecular weight is 746 g/mol. The van der Waals surface area contributed by atoms with Gasteiger partial charge in [-0.05, 0) is 83.7 Å². The maximum Gasteiger partial charge on any atom is 0.408 e. The molecule has 3 unspecified atom stereocenters. The summed E-state index contributed by atoms with van der Waals surface area (Å²) in [4.78, 5) is 58.1. The number of amides is 3. The molecule has 3 amide bonds. The van der Waals surface area contributed by atoms with Crippen LogP contribution in [0.5, 0.6) is 11.5 Å². The van der Waals surface area contributed by atoms with Crippen molar-refractivity contribution in [2.75, 3.05) is 6.54 Å². The van der Waals surface area contributed by atoms with E-state index in [4.69, 9.17) is 9.47 Å². The second-order valence-corrected chi connectivity index (χ2v) is 15.7. The highest BCUT2D eigenvalue weighted by Crippen LogP contribution is 2.33. The SMILES string of the molecule is CCCCCCCN(C(=O)C(Cc1ccc(O)cc1)NC(=O)OC(C)(C)C)C(C(=O)NC(Cc1ccccc1)C(=O)OC(C)(C)C)c1cccc(C)c1O. The number of aromatic hydroxyl groups is 2. The molecule has 0 aliphatic rings. The molecule has 0 bridgehead atoms. The van der Waals surface area contributed by atoms with E-state index in [0.29, 0.717) is 17.5 Å². The average Bonchev–Trinajstić information content (AvgIpc) is 3.08. The van der Waals surface area contributed by atoms with Gasteiger partial charge < -0.3 is 35.2 Å². The molecular weight excluding hydrogens is 686 g/mol. The molecule has 0 radical (unpaired) electrons. The lowest BCUT2D eigenvalue weighted by Gasteiger charge is -2.36. The van der Waals surface area contributed by atoms with Gasteiger partial charge in [-0.2, -0.15) is 0 Å². The van der Waals surface area contributed by atoms with Crippen molar-refractivity contribution >= 4 is 23.9 Å². The Labute approximate surface area is 320 Å². The third-order valence-corrected chi connectivity index (χ3v) is 8.56. The van der Waals surface area contributed by atoms with Crippen LogP contribution in [0.4, 0.5) is 4.79 Å². The normalized spacial score (nSPS) is 13.3. The predicted octanol–water partition coefficient (Wildman–Crippen LogP) is 7.45. The number of para-hydroxylation sites is 1. The number of nitrogens with zero attached hydrogens (tertiary/aromatic N) is 1. The molecular formula is C43H59N3O8. The highest BCUT2D eigenvalue weighted by molar-refractivity contribution is 5.94. The number of alkyl carbamates (subject to hydrolysis) is 1. The maximum atomic E-state index is 15.0. The van der Waals surface area contributed by atoms with Gasteiger partial charge >= 0.3 is 12.1 Å². The molecule has 0 aliphatic carbocycles. The quantitative estimate of drug-likeness (QED) is 0.0821. The lowest BCUT2D eigenvalue weighted by molar-refractivity contribution is -0.159. The fourth-order valence-electron chi connectivity index (χ4n) is 5.99. The molecule has 0 spiro atoms. The third-order valence-electron chi connectivity index (χ3n) is 8.56. The highest BCUT2D eigenvalue weighted by atomic mass is 16.6. The first-order valence-corrected chi connectivity index (χ1v) is 18.8. The topological polar surface area (TPSA) is 154 Å². The van der Waals surface area contributed by atoms with Crippen molar-refractivity contribution in [2.45, 2.75) is 130 Å². The van der Waals surface area contributed by atoms with Crippen LogP contribution >= 0.6 is 0 Å². The number of benzene rings is 3. The second-order valence-electron chi connectivity index (χ2n) is 15.7. The van der Waals surface area contributed by atoms with Gasteiger partial charge in [0.15, 0.2) is 0 Å². The molecule has 4 N–H and O–H groups in total. The number of carbonyl (C=O) groups is 4. The summed E-state index contributed by atoms with van der Waals surface area (Å²) in [5.41, 5.74) is 0.361. The van der Waals surface area contributed by atoms with E-state index in [1.165, 1.54) is 17.0 Å². The molecule has 0 saturated heterocycles. The third kappa shape index (κ3) is 14.1. The summed E-state index contributed by atoms with van der Waals surface area (Å²) in [6, 6.07) is 16.7. The molecule has 11 nitrogen and oxygen atoms in total. The van der Waals surface area contributed by atoms with E-state index in [2.05, 4.69) is 17.6 Å². The van der Waals surface area contributed by atoms with Crippen LogP contribution in [-0.2, 0) is 36.7 Å². The Morgan fingerprint density at radius 1 is 0.704 bits per heavy atom. The Kier molecular flexibility index (Phi) is 15.9. The van der Waals surface area contributed by atoms with Crippen molar-refractivity contribution in [3.05, 3.63) is 95.1 Å². The smallest absolute Gasteiger partial charge is 0.408 e. The van der Waals surface area contributed by atoms with E-state index < -0.39 is 53.2 Å². The summed E-state index contributed by atoms with van der Waals surface area (Å²) in [5, 5.41) is 27.0. The number of aryl methyl sites for hydroxylation is 1. The first-order valence-electron chi connectivity index (χ1n) is 18.8. The molecule has 54 heavy (non-hydrogen) atoms. The monoisotopic (exact) mass is 745 g/mol. The van der Waals surface area contributed by atoms with E-state index in [9.17, 15) is 24.6 Å². The number of nitrogens with one attached hydrogen (secondary N) is 2. The van der Waals surface area contributed by atoms with Crippen LogP contribution in [-0.4, -0.2) is 68.8 Å².